The fourth-order valence-corrected chi connectivity index (χ4v) is 1.99. The zero-order chi connectivity index (χ0) is 12.4. The average Bonchev–Trinajstić information content (AvgIpc) is 3.04. The van der Waals surface area contributed by atoms with Crippen molar-refractivity contribution in [1.29, 1.82) is 0 Å². The Kier molecular flexibility index (Phi) is 3.42. The molecule has 0 amide bonds. The number of hydrogen-bond donors (Lipinski definition) is 2. The summed E-state index contributed by atoms with van der Waals surface area (Å²) in [6.07, 6.45) is 2.31. The minimum Gasteiger partial charge on any atom is -0.481 e. The molecule has 1 unspecified atom stereocenters. The van der Waals surface area contributed by atoms with Gasteiger partial charge in [-0.25, -0.2) is 4.68 Å². The number of aliphatic hydroxyl groups excluding tert-OH is 1. The average molecular weight is 239 g/mol. The van der Waals surface area contributed by atoms with Crippen molar-refractivity contribution in [2.24, 2.45) is 5.92 Å². The van der Waals surface area contributed by atoms with E-state index >= 15 is 0 Å². The summed E-state index contributed by atoms with van der Waals surface area (Å²) in [5, 5.41) is 26.4. The van der Waals surface area contributed by atoms with E-state index in [1.54, 1.807) is 4.68 Å². The smallest absolute Gasteiger partial charge is 0.309 e. The lowest BCUT2D eigenvalue weighted by Crippen LogP contribution is -2.20. The molecule has 0 radical (unpaired) electrons. The van der Waals surface area contributed by atoms with Crippen molar-refractivity contribution in [1.82, 2.24) is 15.0 Å². The number of rotatable bonds is 6. The van der Waals surface area contributed by atoms with Crippen LogP contribution in [0.4, 0.5) is 0 Å². The van der Waals surface area contributed by atoms with Gasteiger partial charge in [-0.3, -0.25) is 4.79 Å². The predicted molar refractivity (Wildman–Crippen MR) is 59.5 cm³/mol. The van der Waals surface area contributed by atoms with Crippen LogP contribution in [0.5, 0.6) is 0 Å². The monoisotopic (exact) mass is 239 g/mol. The fraction of sp³-hybridized carbons (Fsp3) is 0.727. The van der Waals surface area contributed by atoms with Crippen LogP contribution < -0.4 is 0 Å². The van der Waals surface area contributed by atoms with E-state index in [1.807, 2.05) is 6.92 Å². The second-order valence-electron chi connectivity index (χ2n) is 4.49. The minimum absolute atomic E-state index is 0.108. The van der Waals surface area contributed by atoms with Crippen molar-refractivity contribution in [3.63, 3.8) is 0 Å². The van der Waals surface area contributed by atoms with Gasteiger partial charge in [0, 0.05) is 0 Å². The number of aliphatic carboxylic acids is 1. The number of aromatic nitrogens is 3. The Morgan fingerprint density at radius 1 is 1.59 bits per heavy atom. The van der Waals surface area contributed by atoms with Crippen molar-refractivity contribution >= 4 is 5.97 Å². The molecule has 0 saturated heterocycles. The Morgan fingerprint density at radius 3 is 2.82 bits per heavy atom. The summed E-state index contributed by atoms with van der Waals surface area (Å²) < 4.78 is 1.64. The lowest BCUT2D eigenvalue weighted by Gasteiger charge is -2.10. The van der Waals surface area contributed by atoms with Crippen LogP contribution in [-0.4, -0.2) is 37.3 Å². The molecule has 0 aromatic carbocycles. The molecular formula is C11H17N3O3. The van der Waals surface area contributed by atoms with Crippen molar-refractivity contribution in [2.45, 2.75) is 45.3 Å². The van der Waals surface area contributed by atoms with Crippen molar-refractivity contribution < 1.29 is 15.0 Å². The molecule has 2 N–H and O–H groups in total. The van der Waals surface area contributed by atoms with Crippen molar-refractivity contribution in [3.8, 4) is 0 Å². The van der Waals surface area contributed by atoms with Gasteiger partial charge < -0.3 is 10.2 Å². The van der Waals surface area contributed by atoms with Crippen molar-refractivity contribution in [3.05, 3.63) is 11.4 Å². The second-order valence-corrected chi connectivity index (χ2v) is 4.49. The fourth-order valence-electron chi connectivity index (χ4n) is 1.99. The molecule has 1 aliphatic rings. The Labute approximate surface area is 99.3 Å². The van der Waals surface area contributed by atoms with E-state index in [-0.39, 0.29) is 12.5 Å². The van der Waals surface area contributed by atoms with Gasteiger partial charge in [-0.05, 0) is 25.2 Å². The Hall–Kier alpha value is -1.43. The zero-order valence-electron chi connectivity index (χ0n) is 9.83. The summed E-state index contributed by atoms with van der Waals surface area (Å²) in [7, 11) is 0. The van der Waals surface area contributed by atoms with Gasteiger partial charge in [-0.2, -0.15) is 0 Å². The lowest BCUT2D eigenvalue weighted by atomic mass is 10.2. The molecule has 0 bridgehead atoms. The number of aliphatic hydroxyl groups is 1. The number of carbonyl (C=O) groups is 1. The van der Waals surface area contributed by atoms with Crippen molar-refractivity contribution in [2.75, 3.05) is 0 Å². The molecule has 94 valence electrons. The number of nitrogens with zero attached hydrogens (tertiary/aromatic N) is 3. The highest BCUT2D eigenvalue weighted by Gasteiger charge is 2.30. The topological polar surface area (TPSA) is 88.2 Å². The van der Waals surface area contributed by atoms with Gasteiger partial charge in [-0.15, -0.1) is 5.10 Å². The van der Waals surface area contributed by atoms with Crippen LogP contribution in [-0.2, 0) is 24.2 Å². The van der Waals surface area contributed by atoms with Crippen LogP contribution in [0, 0.1) is 5.92 Å². The molecule has 6 nitrogen and oxygen atoms in total. The van der Waals surface area contributed by atoms with Crippen LogP contribution in [0.3, 0.4) is 0 Å². The molecule has 0 aliphatic heterocycles. The molecule has 17 heavy (non-hydrogen) atoms. The van der Waals surface area contributed by atoms with Gasteiger partial charge in [0.25, 0.3) is 0 Å². The molecule has 1 saturated carbocycles. The maximum absolute atomic E-state index is 10.7. The highest BCUT2D eigenvalue weighted by molar-refractivity contribution is 5.69. The first-order chi connectivity index (χ1) is 8.11. The Morgan fingerprint density at radius 2 is 2.29 bits per heavy atom. The normalized spacial score (nSPS) is 17.1. The van der Waals surface area contributed by atoms with Crippen LogP contribution >= 0.6 is 0 Å². The number of carboxylic acids is 1. The predicted octanol–water partition coefficient (Wildman–Crippen LogP) is 0.238. The summed E-state index contributed by atoms with van der Waals surface area (Å²) in [6.45, 7) is 2.35. The molecule has 1 heterocycles. The van der Waals surface area contributed by atoms with Crippen LogP contribution in [0.25, 0.3) is 0 Å². The van der Waals surface area contributed by atoms with Gasteiger partial charge in [-0.1, -0.05) is 12.1 Å². The standard InChI is InChI=1S/C11H17N3O3/c1-2-9-8(5-11(16)17)12-13-14(9)6-10(15)7-3-4-7/h7,10,15H,2-6H2,1H3,(H,16,17). The SMILES string of the molecule is CCc1c(CC(=O)O)nnn1CC(O)C1CC1. The van der Waals surface area contributed by atoms with Gasteiger partial charge in [0.1, 0.15) is 0 Å². The molecular weight excluding hydrogens is 222 g/mol. The second kappa shape index (κ2) is 4.83. The van der Waals surface area contributed by atoms with E-state index in [1.165, 1.54) is 0 Å². The minimum atomic E-state index is -0.908. The van der Waals surface area contributed by atoms with E-state index in [0.29, 0.717) is 24.6 Å². The first kappa shape index (κ1) is 12.0. The first-order valence-electron chi connectivity index (χ1n) is 5.93. The largest absolute Gasteiger partial charge is 0.481 e. The third kappa shape index (κ3) is 2.82. The summed E-state index contributed by atoms with van der Waals surface area (Å²) in [5.41, 5.74) is 1.31. The summed E-state index contributed by atoms with van der Waals surface area (Å²) in [5.74, 6) is -0.527. The van der Waals surface area contributed by atoms with Crippen LogP contribution in [0.1, 0.15) is 31.2 Å². The van der Waals surface area contributed by atoms with E-state index in [2.05, 4.69) is 10.3 Å². The van der Waals surface area contributed by atoms with Crippen LogP contribution in [0.15, 0.2) is 0 Å². The summed E-state index contributed by atoms with van der Waals surface area (Å²) >= 11 is 0. The van der Waals surface area contributed by atoms with E-state index < -0.39 is 5.97 Å². The van der Waals surface area contributed by atoms with Gasteiger partial charge in [0.05, 0.1) is 30.5 Å². The van der Waals surface area contributed by atoms with E-state index in [0.717, 1.165) is 18.5 Å². The Balaban J connectivity index is 2.10. The molecule has 1 atom stereocenters. The highest BCUT2D eigenvalue weighted by atomic mass is 16.4. The third-order valence-electron chi connectivity index (χ3n) is 3.10. The molecule has 1 fully saturated rings. The third-order valence-corrected chi connectivity index (χ3v) is 3.10. The molecule has 1 aromatic heterocycles. The summed E-state index contributed by atoms with van der Waals surface area (Å²) in [4.78, 5) is 10.7. The number of carboxylic acid groups (broad SMARTS) is 1. The quantitative estimate of drug-likeness (QED) is 0.742. The van der Waals surface area contributed by atoms with Crippen LogP contribution in [0.2, 0.25) is 0 Å². The van der Waals surface area contributed by atoms with Gasteiger partial charge in [0.15, 0.2) is 0 Å². The zero-order valence-corrected chi connectivity index (χ0v) is 9.83. The van der Waals surface area contributed by atoms with E-state index in [9.17, 15) is 9.90 Å². The maximum atomic E-state index is 10.7. The Bertz CT molecular complexity index is 412. The highest BCUT2D eigenvalue weighted by Crippen LogP contribution is 2.33. The molecule has 1 aliphatic carbocycles. The van der Waals surface area contributed by atoms with Gasteiger partial charge >= 0.3 is 5.97 Å². The van der Waals surface area contributed by atoms with Gasteiger partial charge in [0.2, 0.25) is 0 Å². The first-order valence-corrected chi connectivity index (χ1v) is 5.93. The molecule has 6 heteroatoms. The van der Waals surface area contributed by atoms with E-state index in [4.69, 9.17) is 5.11 Å². The molecule has 1 aromatic rings. The maximum Gasteiger partial charge on any atom is 0.309 e. The molecule has 2 rings (SSSR count). The number of hydrogen-bond acceptors (Lipinski definition) is 4. The summed E-state index contributed by atoms with van der Waals surface area (Å²) in [6, 6.07) is 0. The molecule has 0 spiro atoms. The lowest BCUT2D eigenvalue weighted by molar-refractivity contribution is -0.136.